The van der Waals surface area contributed by atoms with Crippen molar-refractivity contribution in [3.05, 3.63) is 41.1 Å². The van der Waals surface area contributed by atoms with Crippen molar-refractivity contribution in [3.63, 3.8) is 0 Å². The highest BCUT2D eigenvalue weighted by Crippen LogP contribution is 2.23. The molecule has 0 atom stereocenters. The van der Waals surface area contributed by atoms with Crippen LogP contribution in [0.1, 0.15) is 30.7 Å². The predicted molar refractivity (Wildman–Crippen MR) is 73.2 cm³/mol. The van der Waals surface area contributed by atoms with Gasteiger partial charge in [0.25, 0.3) is 0 Å². The summed E-state index contributed by atoms with van der Waals surface area (Å²) in [4.78, 5) is 4.67. The van der Waals surface area contributed by atoms with Gasteiger partial charge >= 0.3 is 0 Å². The first-order chi connectivity index (χ1) is 7.87. The van der Waals surface area contributed by atoms with Gasteiger partial charge in [0.2, 0.25) is 0 Å². The summed E-state index contributed by atoms with van der Waals surface area (Å²) in [7, 11) is 0. The first kappa shape index (κ1) is 12.1. The third kappa shape index (κ3) is 2.64. The van der Waals surface area contributed by atoms with Gasteiger partial charge in [-0.25, -0.2) is 0 Å². The van der Waals surface area contributed by atoms with Crippen molar-refractivity contribution in [1.29, 1.82) is 0 Å². The first-order valence-corrected chi connectivity index (χ1v) is 6.01. The van der Waals surface area contributed by atoms with Crippen molar-refractivity contribution in [1.82, 2.24) is 4.98 Å². The summed E-state index contributed by atoms with van der Waals surface area (Å²) in [5, 5.41) is 1.23. The number of benzene rings is 1. The molecule has 0 saturated carbocycles. The molecule has 0 amide bonds. The molecule has 0 aliphatic heterocycles. The normalized spacial score (nSPS) is 12.1. The van der Waals surface area contributed by atoms with Crippen LogP contribution in [0.25, 0.3) is 10.9 Å². The van der Waals surface area contributed by atoms with Crippen molar-refractivity contribution in [2.24, 2.45) is 5.73 Å². The Morgan fingerprint density at radius 3 is 2.59 bits per heavy atom. The average molecular weight is 228 g/mol. The van der Waals surface area contributed by atoms with Gasteiger partial charge in [0.1, 0.15) is 0 Å². The summed E-state index contributed by atoms with van der Waals surface area (Å²) < 4.78 is 0. The fourth-order valence-corrected chi connectivity index (χ4v) is 2.27. The topological polar surface area (TPSA) is 38.9 Å². The molecule has 0 unspecified atom stereocenters. The Balaban J connectivity index is 2.64. The Labute approximate surface area is 103 Å². The quantitative estimate of drug-likeness (QED) is 0.857. The van der Waals surface area contributed by atoms with Crippen LogP contribution in [-0.2, 0) is 6.42 Å². The van der Waals surface area contributed by atoms with Crippen LogP contribution in [0, 0.1) is 13.8 Å². The fraction of sp³-hybridized carbons (Fsp3) is 0.400. The number of aromatic nitrogens is 1. The number of aryl methyl sites for hydroxylation is 2. The summed E-state index contributed by atoms with van der Waals surface area (Å²) in [6.45, 7) is 8.27. The molecule has 2 rings (SSSR count). The zero-order valence-electron chi connectivity index (χ0n) is 11.0. The first-order valence-electron chi connectivity index (χ1n) is 6.01. The molecule has 2 heteroatoms. The van der Waals surface area contributed by atoms with E-state index in [-0.39, 0.29) is 5.54 Å². The van der Waals surface area contributed by atoms with Gasteiger partial charge in [-0.1, -0.05) is 18.2 Å². The van der Waals surface area contributed by atoms with E-state index in [1.54, 1.807) is 0 Å². The molecule has 0 radical (unpaired) electrons. The molecular weight excluding hydrogens is 208 g/mol. The Hall–Kier alpha value is -1.41. The van der Waals surface area contributed by atoms with Gasteiger partial charge in [0.05, 0.1) is 5.52 Å². The number of rotatable bonds is 2. The number of pyridine rings is 1. The molecule has 17 heavy (non-hydrogen) atoms. The third-order valence-corrected chi connectivity index (χ3v) is 2.90. The molecule has 90 valence electrons. The number of hydrogen-bond donors (Lipinski definition) is 1. The van der Waals surface area contributed by atoms with Gasteiger partial charge in [-0.2, -0.15) is 0 Å². The van der Waals surface area contributed by atoms with E-state index in [1.165, 1.54) is 16.5 Å². The van der Waals surface area contributed by atoms with Crippen molar-refractivity contribution >= 4 is 10.9 Å². The molecule has 0 spiro atoms. The molecule has 0 saturated heterocycles. The monoisotopic (exact) mass is 228 g/mol. The molecule has 0 fully saturated rings. The summed E-state index contributed by atoms with van der Waals surface area (Å²) in [6.07, 6.45) is 0.847. The molecule has 2 nitrogen and oxygen atoms in total. The zero-order valence-corrected chi connectivity index (χ0v) is 11.0. The van der Waals surface area contributed by atoms with Gasteiger partial charge in [-0.3, -0.25) is 4.98 Å². The molecule has 2 N–H and O–H groups in total. The largest absolute Gasteiger partial charge is 0.325 e. The Bertz CT molecular complexity index is 551. The van der Waals surface area contributed by atoms with Crippen LogP contribution in [-0.4, -0.2) is 10.5 Å². The van der Waals surface area contributed by atoms with E-state index < -0.39 is 0 Å². The lowest BCUT2D eigenvalue weighted by molar-refractivity contribution is 0.518. The second-order valence-corrected chi connectivity index (χ2v) is 5.56. The Morgan fingerprint density at radius 2 is 1.94 bits per heavy atom. The highest BCUT2D eigenvalue weighted by molar-refractivity contribution is 5.85. The van der Waals surface area contributed by atoms with Crippen LogP contribution in [0.15, 0.2) is 24.3 Å². The lowest BCUT2D eigenvalue weighted by atomic mass is 9.93. The lowest BCUT2D eigenvalue weighted by Gasteiger charge is -2.19. The zero-order chi connectivity index (χ0) is 12.6. The van der Waals surface area contributed by atoms with Crippen LogP contribution in [0.5, 0.6) is 0 Å². The van der Waals surface area contributed by atoms with E-state index in [4.69, 9.17) is 5.73 Å². The van der Waals surface area contributed by atoms with Gasteiger partial charge in [0, 0.05) is 16.6 Å². The second kappa shape index (κ2) is 4.11. The van der Waals surface area contributed by atoms with Crippen molar-refractivity contribution < 1.29 is 0 Å². The summed E-state index contributed by atoms with van der Waals surface area (Å²) in [6, 6.07) is 8.47. The van der Waals surface area contributed by atoms with E-state index >= 15 is 0 Å². The lowest BCUT2D eigenvalue weighted by Crippen LogP contribution is -2.34. The number of nitrogens with zero attached hydrogens (tertiary/aromatic N) is 1. The highest BCUT2D eigenvalue weighted by Gasteiger charge is 2.14. The van der Waals surface area contributed by atoms with Gasteiger partial charge in [0.15, 0.2) is 0 Å². The number of fused-ring (bicyclic) bond motifs is 1. The van der Waals surface area contributed by atoms with Crippen LogP contribution in [0.4, 0.5) is 0 Å². The molecule has 1 aromatic carbocycles. The average Bonchev–Trinajstić information content (AvgIpc) is 2.17. The molecule has 2 aromatic rings. The van der Waals surface area contributed by atoms with Gasteiger partial charge in [-0.15, -0.1) is 0 Å². The van der Waals surface area contributed by atoms with E-state index in [1.807, 2.05) is 6.92 Å². The van der Waals surface area contributed by atoms with Crippen molar-refractivity contribution in [3.8, 4) is 0 Å². The van der Waals surface area contributed by atoms with Crippen molar-refractivity contribution in [2.75, 3.05) is 0 Å². The third-order valence-electron chi connectivity index (χ3n) is 2.90. The van der Waals surface area contributed by atoms with Crippen LogP contribution in [0.3, 0.4) is 0 Å². The maximum atomic E-state index is 6.11. The van der Waals surface area contributed by atoms with Crippen LogP contribution in [0.2, 0.25) is 0 Å². The smallest absolute Gasteiger partial charge is 0.0740 e. The fourth-order valence-electron chi connectivity index (χ4n) is 2.27. The van der Waals surface area contributed by atoms with E-state index in [0.717, 1.165) is 17.6 Å². The van der Waals surface area contributed by atoms with Gasteiger partial charge < -0.3 is 5.73 Å². The highest BCUT2D eigenvalue weighted by atomic mass is 14.7. The Morgan fingerprint density at radius 1 is 1.24 bits per heavy atom. The van der Waals surface area contributed by atoms with E-state index in [9.17, 15) is 0 Å². The Kier molecular flexibility index (Phi) is 2.92. The minimum absolute atomic E-state index is 0.201. The minimum atomic E-state index is -0.201. The summed E-state index contributed by atoms with van der Waals surface area (Å²) in [5.41, 5.74) is 10.6. The molecule has 0 aliphatic rings. The minimum Gasteiger partial charge on any atom is -0.325 e. The van der Waals surface area contributed by atoms with Gasteiger partial charge in [-0.05, 0) is 51.3 Å². The second-order valence-electron chi connectivity index (χ2n) is 5.56. The maximum Gasteiger partial charge on any atom is 0.0740 e. The van der Waals surface area contributed by atoms with Crippen LogP contribution >= 0.6 is 0 Å². The SMILES string of the molecule is Cc1cc(C)c2cccc(CC(C)(C)N)c2n1. The van der Waals surface area contributed by atoms with E-state index in [0.29, 0.717) is 0 Å². The van der Waals surface area contributed by atoms with E-state index in [2.05, 4.69) is 50.0 Å². The number of hydrogen-bond acceptors (Lipinski definition) is 2. The molecule has 0 aliphatic carbocycles. The number of nitrogens with two attached hydrogens (primary N) is 1. The maximum absolute atomic E-state index is 6.11. The molecule has 1 aromatic heterocycles. The standard InChI is InChI=1S/C15H20N2/c1-10-8-11(2)17-14-12(9-15(3,4)16)6-5-7-13(10)14/h5-8H,9,16H2,1-4H3. The van der Waals surface area contributed by atoms with Crippen molar-refractivity contribution in [2.45, 2.75) is 39.7 Å². The molecular formula is C15H20N2. The molecule has 0 bridgehead atoms. The predicted octanol–water partition coefficient (Wildman–Crippen LogP) is 3.13. The molecule has 1 heterocycles. The summed E-state index contributed by atoms with van der Waals surface area (Å²) >= 11 is 0. The summed E-state index contributed by atoms with van der Waals surface area (Å²) in [5.74, 6) is 0. The van der Waals surface area contributed by atoms with Crippen LogP contribution < -0.4 is 5.73 Å². The number of para-hydroxylation sites is 1.